The van der Waals surface area contributed by atoms with E-state index in [1.165, 1.54) is 38.5 Å². The first kappa shape index (κ1) is 17.8. The molecule has 0 aliphatic carbocycles. The van der Waals surface area contributed by atoms with E-state index in [4.69, 9.17) is 9.84 Å². The summed E-state index contributed by atoms with van der Waals surface area (Å²) in [6.45, 7) is 2.22. The van der Waals surface area contributed by atoms with Crippen LogP contribution in [0.2, 0.25) is 0 Å². The Hall–Kier alpha value is -1.25. The van der Waals surface area contributed by atoms with Gasteiger partial charge in [0.15, 0.2) is 6.10 Å². The van der Waals surface area contributed by atoms with Crippen LogP contribution >= 0.6 is 0 Å². The van der Waals surface area contributed by atoms with Gasteiger partial charge in [-0.05, 0) is 38.2 Å². The second kappa shape index (κ2) is 11.4. The molecule has 1 rings (SSSR count). The third-order valence-corrected chi connectivity index (χ3v) is 3.77. The second-order valence-electron chi connectivity index (χ2n) is 5.80. The lowest BCUT2D eigenvalue weighted by atomic mass is 10.1. The van der Waals surface area contributed by atoms with E-state index in [1.54, 1.807) is 0 Å². The predicted octanol–water partition coefficient (Wildman–Crippen LogP) is 5.22. The number of hydrogen-bond donors (Lipinski definition) is 1. The fourth-order valence-electron chi connectivity index (χ4n) is 2.39. The zero-order valence-corrected chi connectivity index (χ0v) is 13.4. The Kier molecular flexibility index (Phi) is 9.68. The maximum atomic E-state index is 10.4. The van der Waals surface area contributed by atoms with Gasteiger partial charge in [-0.15, -0.1) is 0 Å². The second-order valence-corrected chi connectivity index (χ2v) is 5.80. The number of epoxide rings is 1. The average molecular weight is 294 g/mol. The van der Waals surface area contributed by atoms with Gasteiger partial charge in [-0.3, -0.25) is 4.79 Å². The molecular weight excluding hydrogens is 264 g/mol. The van der Waals surface area contributed by atoms with Crippen LogP contribution in [-0.2, 0) is 9.53 Å². The number of aliphatic carboxylic acids is 1. The smallest absolute Gasteiger partial charge is 0.303 e. The monoisotopic (exact) mass is 294 g/mol. The van der Waals surface area contributed by atoms with Gasteiger partial charge in [0.1, 0.15) is 5.76 Å². The summed E-state index contributed by atoms with van der Waals surface area (Å²) in [5.74, 6) is 0.450. The summed E-state index contributed by atoms with van der Waals surface area (Å²) in [5, 5.41) is 8.53. The maximum Gasteiger partial charge on any atom is 0.303 e. The first-order chi connectivity index (χ1) is 10.2. The van der Waals surface area contributed by atoms with Crippen LogP contribution in [0.1, 0.15) is 77.6 Å². The molecule has 1 atom stereocenters. The SMILES string of the molecule is CCCCC/C=C/C=C1\O[C@H]1CCCCCCCC(=O)O. The summed E-state index contributed by atoms with van der Waals surface area (Å²) in [4.78, 5) is 10.4. The molecule has 1 aliphatic rings. The predicted molar refractivity (Wildman–Crippen MR) is 86.2 cm³/mol. The van der Waals surface area contributed by atoms with Crippen molar-refractivity contribution < 1.29 is 14.6 Å². The lowest BCUT2D eigenvalue weighted by Gasteiger charge is -1.98. The number of ether oxygens (including phenoxy) is 1. The normalized spacial score (nSPS) is 19.1. The van der Waals surface area contributed by atoms with E-state index in [-0.39, 0.29) is 0 Å². The molecule has 0 aromatic rings. The molecule has 1 fully saturated rings. The van der Waals surface area contributed by atoms with Crippen molar-refractivity contribution in [2.45, 2.75) is 83.7 Å². The highest BCUT2D eigenvalue weighted by atomic mass is 16.6. The number of hydrogen-bond acceptors (Lipinski definition) is 2. The van der Waals surface area contributed by atoms with Gasteiger partial charge in [-0.1, -0.05) is 51.2 Å². The van der Waals surface area contributed by atoms with Crippen molar-refractivity contribution in [2.75, 3.05) is 0 Å². The third kappa shape index (κ3) is 10.2. The molecule has 0 aromatic heterocycles. The quantitative estimate of drug-likeness (QED) is 0.374. The molecule has 0 bridgehead atoms. The molecule has 0 amide bonds. The molecule has 1 aliphatic heterocycles. The van der Waals surface area contributed by atoms with Crippen molar-refractivity contribution in [3.8, 4) is 0 Å². The molecule has 1 N–H and O–H groups in total. The molecular formula is C18H30O3. The summed E-state index contributed by atoms with van der Waals surface area (Å²) < 4.78 is 5.54. The Bertz CT molecular complexity index is 344. The largest absolute Gasteiger partial charge is 0.483 e. The molecule has 0 radical (unpaired) electrons. The highest BCUT2D eigenvalue weighted by Gasteiger charge is 2.30. The maximum absolute atomic E-state index is 10.4. The van der Waals surface area contributed by atoms with Crippen LogP contribution in [-0.4, -0.2) is 17.2 Å². The van der Waals surface area contributed by atoms with Crippen molar-refractivity contribution >= 4 is 5.97 Å². The minimum atomic E-state index is -0.682. The highest BCUT2D eigenvalue weighted by Crippen LogP contribution is 2.31. The van der Waals surface area contributed by atoms with E-state index in [2.05, 4.69) is 25.2 Å². The van der Waals surface area contributed by atoms with Crippen LogP contribution in [0.25, 0.3) is 0 Å². The summed E-state index contributed by atoms with van der Waals surface area (Å²) >= 11 is 0. The summed E-state index contributed by atoms with van der Waals surface area (Å²) in [5.41, 5.74) is 0. The third-order valence-electron chi connectivity index (χ3n) is 3.77. The van der Waals surface area contributed by atoms with Gasteiger partial charge >= 0.3 is 5.97 Å². The van der Waals surface area contributed by atoms with E-state index in [0.717, 1.165) is 31.4 Å². The number of carboxylic acids is 1. The molecule has 3 heteroatoms. The first-order valence-corrected chi connectivity index (χ1v) is 8.49. The topological polar surface area (TPSA) is 49.8 Å². The van der Waals surface area contributed by atoms with E-state index in [0.29, 0.717) is 12.5 Å². The fraction of sp³-hybridized carbons (Fsp3) is 0.722. The number of carbonyl (C=O) groups is 1. The van der Waals surface area contributed by atoms with Crippen molar-refractivity contribution in [2.24, 2.45) is 0 Å². The van der Waals surface area contributed by atoms with Crippen molar-refractivity contribution in [3.05, 3.63) is 24.0 Å². The summed E-state index contributed by atoms with van der Waals surface area (Å²) in [6.07, 6.45) is 18.6. The van der Waals surface area contributed by atoms with Gasteiger partial charge in [0.05, 0.1) is 0 Å². The molecule has 3 nitrogen and oxygen atoms in total. The van der Waals surface area contributed by atoms with Gasteiger partial charge in [-0.2, -0.15) is 0 Å². The van der Waals surface area contributed by atoms with E-state index < -0.39 is 5.97 Å². The van der Waals surface area contributed by atoms with Crippen LogP contribution in [0.4, 0.5) is 0 Å². The molecule has 0 unspecified atom stereocenters. The Morgan fingerprint density at radius 2 is 1.90 bits per heavy atom. The zero-order chi connectivity index (χ0) is 15.3. The Balaban J connectivity index is 1.90. The minimum absolute atomic E-state index is 0.309. The van der Waals surface area contributed by atoms with E-state index in [9.17, 15) is 4.79 Å². The molecule has 21 heavy (non-hydrogen) atoms. The number of allylic oxidation sites excluding steroid dienone is 3. The van der Waals surface area contributed by atoms with Crippen molar-refractivity contribution in [1.29, 1.82) is 0 Å². The molecule has 0 aromatic carbocycles. The molecule has 1 saturated heterocycles. The molecule has 120 valence electrons. The van der Waals surface area contributed by atoms with Crippen LogP contribution < -0.4 is 0 Å². The lowest BCUT2D eigenvalue weighted by molar-refractivity contribution is -0.137. The van der Waals surface area contributed by atoms with E-state index in [1.807, 2.05) is 0 Å². The van der Waals surface area contributed by atoms with Gasteiger partial charge in [0.2, 0.25) is 0 Å². The molecule has 1 heterocycles. The lowest BCUT2D eigenvalue weighted by Crippen LogP contribution is -1.93. The first-order valence-electron chi connectivity index (χ1n) is 8.49. The van der Waals surface area contributed by atoms with Gasteiger partial charge in [0, 0.05) is 6.42 Å². The van der Waals surface area contributed by atoms with E-state index >= 15 is 0 Å². The van der Waals surface area contributed by atoms with Gasteiger partial charge < -0.3 is 9.84 Å². The Morgan fingerprint density at radius 1 is 1.14 bits per heavy atom. The molecule has 0 spiro atoms. The Morgan fingerprint density at radius 3 is 2.67 bits per heavy atom. The minimum Gasteiger partial charge on any atom is -0.483 e. The van der Waals surface area contributed by atoms with Crippen molar-refractivity contribution in [1.82, 2.24) is 0 Å². The van der Waals surface area contributed by atoms with Crippen LogP contribution in [0.15, 0.2) is 24.0 Å². The number of carboxylic acid groups (broad SMARTS) is 1. The van der Waals surface area contributed by atoms with Crippen LogP contribution in [0, 0.1) is 0 Å². The zero-order valence-electron chi connectivity index (χ0n) is 13.4. The standard InChI is InChI=1S/C18H30O3/c1-2-3-4-5-7-10-13-16-17(21-16)14-11-8-6-9-12-15-18(19)20/h7,10,13,17H,2-6,8-9,11-12,14-15H2,1H3,(H,19,20)/b10-7+,16-13-/t17-/m0/s1. The number of unbranched alkanes of at least 4 members (excludes halogenated alkanes) is 7. The van der Waals surface area contributed by atoms with Crippen LogP contribution in [0.3, 0.4) is 0 Å². The van der Waals surface area contributed by atoms with Crippen LogP contribution in [0.5, 0.6) is 0 Å². The average Bonchev–Trinajstić information content (AvgIpc) is 3.20. The highest BCUT2D eigenvalue weighted by molar-refractivity contribution is 5.66. The summed E-state index contributed by atoms with van der Waals surface area (Å²) in [7, 11) is 0. The van der Waals surface area contributed by atoms with Gasteiger partial charge in [-0.25, -0.2) is 0 Å². The van der Waals surface area contributed by atoms with Gasteiger partial charge in [0.25, 0.3) is 0 Å². The van der Waals surface area contributed by atoms with Crippen molar-refractivity contribution in [3.63, 3.8) is 0 Å². The summed E-state index contributed by atoms with van der Waals surface area (Å²) in [6, 6.07) is 0. The Labute approximate surface area is 129 Å². The number of rotatable bonds is 13. The molecule has 0 saturated carbocycles. The fourth-order valence-corrected chi connectivity index (χ4v) is 2.39.